The van der Waals surface area contributed by atoms with Crippen molar-refractivity contribution in [3.63, 3.8) is 0 Å². The Balaban J connectivity index is 2.21. The maximum atomic E-state index is 5.72. The monoisotopic (exact) mass is 154 g/mol. The minimum atomic E-state index is 0.320. The molecule has 0 aromatic carbocycles. The molecule has 3 N–H and O–H groups in total. The Morgan fingerprint density at radius 1 is 1.45 bits per heavy atom. The van der Waals surface area contributed by atoms with Crippen molar-refractivity contribution >= 4 is 0 Å². The smallest absolute Gasteiger partial charge is 0.0223 e. The van der Waals surface area contributed by atoms with Gasteiger partial charge >= 0.3 is 0 Å². The van der Waals surface area contributed by atoms with Crippen LogP contribution < -0.4 is 11.1 Å². The first-order chi connectivity index (χ1) is 5.33. The van der Waals surface area contributed by atoms with E-state index in [1.54, 1.807) is 0 Å². The topological polar surface area (TPSA) is 38.0 Å². The summed E-state index contributed by atoms with van der Waals surface area (Å²) in [6.45, 7) is 1.12. The van der Waals surface area contributed by atoms with E-state index in [0.717, 1.165) is 18.9 Å². The van der Waals surface area contributed by atoms with Crippen LogP contribution in [0.25, 0.3) is 0 Å². The number of allylic oxidation sites excluding steroid dienone is 1. The van der Waals surface area contributed by atoms with E-state index in [2.05, 4.69) is 17.5 Å². The van der Waals surface area contributed by atoms with Gasteiger partial charge in [-0.05, 0) is 38.8 Å². The van der Waals surface area contributed by atoms with E-state index in [0.29, 0.717) is 6.04 Å². The minimum absolute atomic E-state index is 0.320. The molecule has 0 amide bonds. The number of hydrogen-bond donors (Lipinski definition) is 2. The summed E-state index contributed by atoms with van der Waals surface area (Å²) in [6, 6.07) is 0.320. The highest BCUT2D eigenvalue weighted by atomic mass is 14.8. The fraction of sp³-hybridized carbons (Fsp3) is 0.778. The molecule has 1 rings (SSSR count). The third-order valence-electron chi connectivity index (χ3n) is 2.27. The molecule has 0 spiro atoms. The van der Waals surface area contributed by atoms with Gasteiger partial charge in [-0.15, -0.1) is 0 Å². The van der Waals surface area contributed by atoms with E-state index in [1.165, 1.54) is 12.8 Å². The van der Waals surface area contributed by atoms with Gasteiger partial charge in [-0.25, -0.2) is 0 Å². The average Bonchev–Trinajstić information content (AvgIpc) is 2.04. The maximum absolute atomic E-state index is 5.72. The van der Waals surface area contributed by atoms with E-state index < -0.39 is 0 Å². The molecule has 0 saturated heterocycles. The van der Waals surface area contributed by atoms with E-state index in [4.69, 9.17) is 5.73 Å². The van der Waals surface area contributed by atoms with Gasteiger partial charge in [0, 0.05) is 6.04 Å². The molecule has 0 heterocycles. The predicted octanol–water partition coefficient (Wildman–Crippen LogP) is 0.889. The van der Waals surface area contributed by atoms with Crippen molar-refractivity contribution in [2.45, 2.75) is 25.3 Å². The first-order valence-corrected chi connectivity index (χ1v) is 4.41. The van der Waals surface area contributed by atoms with Gasteiger partial charge in [0.05, 0.1) is 0 Å². The molecule has 0 aliphatic heterocycles. The summed E-state index contributed by atoms with van der Waals surface area (Å²) in [5.74, 6) is 0.766. The van der Waals surface area contributed by atoms with Crippen LogP contribution in [-0.4, -0.2) is 19.6 Å². The number of rotatable bonds is 3. The molecule has 0 aromatic heterocycles. The number of hydrogen-bond acceptors (Lipinski definition) is 2. The second-order valence-corrected chi connectivity index (χ2v) is 3.28. The third-order valence-corrected chi connectivity index (χ3v) is 2.27. The van der Waals surface area contributed by atoms with Crippen LogP contribution in [0.1, 0.15) is 19.3 Å². The van der Waals surface area contributed by atoms with Gasteiger partial charge in [0.15, 0.2) is 0 Å². The molecule has 11 heavy (non-hydrogen) atoms. The predicted molar refractivity (Wildman–Crippen MR) is 48.4 cm³/mol. The van der Waals surface area contributed by atoms with Crippen LogP contribution in [0.2, 0.25) is 0 Å². The zero-order valence-electron chi connectivity index (χ0n) is 7.22. The zero-order valence-corrected chi connectivity index (χ0v) is 7.22. The van der Waals surface area contributed by atoms with Crippen molar-refractivity contribution < 1.29 is 0 Å². The van der Waals surface area contributed by atoms with E-state index in [9.17, 15) is 0 Å². The second kappa shape index (κ2) is 4.52. The summed E-state index contributed by atoms with van der Waals surface area (Å²) in [5, 5.41) is 3.16. The molecular formula is C9H18N2. The Bertz CT molecular complexity index is 132. The van der Waals surface area contributed by atoms with Gasteiger partial charge in [0.25, 0.3) is 0 Å². The summed E-state index contributed by atoms with van der Waals surface area (Å²) < 4.78 is 0. The molecule has 2 atom stereocenters. The lowest BCUT2D eigenvalue weighted by molar-refractivity contribution is 0.473. The molecule has 1 aliphatic rings. The minimum Gasteiger partial charge on any atom is -0.324 e. The van der Waals surface area contributed by atoms with Crippen LogP contribution in [0.15, 0.2) is 12.2 Å². The van der Waals surface area contributed by atoms with Crippen LogP contribution in [-0.2, 0) is 0 Å². The lowest BCUT2D eigenvalue weighted by Gasteiger charge is -2.19. The highest BCUT2D eigenvalue weighted by molar-refractivity contribution is 5.00. The van der Waals surface area contributed by atoms with Gasteiger partial charge in [0.1, 0.15) is 0 Å². The molecule has 0 bridgehead atoms. The van der Waals surface area contributed by atoms with Crippen molar-refractivity contribution in [3.8, 4) is 0 Å². The zero-order chi connectivity index (χ0) is 8.10. The Morgan fingerprint density at radius 3 is 2.82 bits per heavy atom. The molecule has 2 unspecified atom stereocenters. The number of nitrogens with one attached hydrogen (secondary N) is 1. The van der Waals surface area contributed by atoms with Gasteiger partial charge in [-0.3, -0.25) is 0 Å². The molecule has 2 nitrogen and oxygen atoms in total. The first kappa shape index (κ1) is 8.75. The quantitative estimate of drug-likeness (QED) is 0.592. The summed E-state index contributed by atoms with van der Waals surface area (Å²) >= 11 is 0. The van der Waals surface area contributed by atoms with Crippen LogP contribution in [0.5, 0.6) is 0 Å². The van der Waals surface area contributed by atoms with Crippen molar-refractivity contribution in [2.24, 2.45) is 11.7 Å². The standard InChI is InChI=1S/C9H18N2/c1-11-7-6-8-2-4-9(10)5-3-8/h2,4,8-9,11H,3,5-7,10H2,1H3. The summed E-state index contributed by atoms with van der Waals surface area (Å²) in [5.41, 5.74) is 5.72. The summed E-state index contributed by atoms with van der Waals surface area (Å²) in [4.78, 5) is 0. The Kier molecular flexibility index (Phi) is 3.60. The van der Waals surface area contributed by atoms with E-state index in [-0.39, 0.29) is 0 Å². The molecule has 2 heteroatoms. The third kappa shape index (κ3) is 3.04. The molecular weight excluding hydrogens is 136 g/mol. The van der Waals surface area contributed by atoms with Crippen molar-refractivity contribution in [1.29, 1.82) is 0 Å². The molecule has 0 saturated carbocycles. The van der Waals surface area contributed by atoms with E-state index >= 15 is 0 Å². The number of nitrogens with two attached hydrogens (primary N) is 1. The summed E-state index contributed by atoms with van der Waals surface area (Å²) in [6.07, 6.45) is 8.08. The molecule has 0 fully saturated rings. The van der Waals surface area contributed by atoms with Crippen LogP contribution in [0, 0.1) is 5.92 Å². The van der Waals surface area contributed by atoms with Crippen molar-refractivity contribution in [3.05, 3.63) is 12.2 Å². The molecule has 64 valence electrons. The maximum Gasteiger partial charge on any atom is 0.0223 e. The Labute approximate surface area is 68.9 Å². The molecule has 0 radical (unpaired) electrons. The largest absolute Gasteiger partial charge is 0.324 e. The van der Waals surface area contributed by atoms with Crippen LogP contribution >= 0.6 is 0 Å². The normalized spacial score (nSPS) is 30.7. The average molecular weight is 154 g/mol. The van der Waals surface area contributed by atoms with Crippen molar-refractivity contribution in [2.75, 3.05) is 13.6 Å². The van der Waals surface area contributed by atoms with Crippen LogP contribution in [0.4, 0.5) is 0 Å². The Hall–Kier alpha value is -0.340. The van der Waals surface area contributed by atoms with Crippen LogP contribution in [0.3, 0.4) is 0 Å². The lowest BCUT2D eigenvalue weighted by Crippen LogP contribution is -2.23. The van der Waals surface area contributed by atoms with Crippen molar-refractivity contribution in [1.82, 2.24) is 5.32 Å². The van der Waals surface area contributed by atoms with Gasteiger partial charge < -0.3 is 11.1 Å². The SMILES string of the molecule is CNCCC1C=CC(N)CC1. The lowest BCUT2D eigenvalue weighted by atomic mass is 9.91. The van der Waals surface area contributed by atoms with E-state index in [1.807, 2.05) is 7.05 Å². The highest BCUT2D eigenvalue weighted by Gasteiger charge is 2.11. The first-order valence-electron chi connectivity index (χ1n) is 4.41. The van der Waals surface area contributed by atoms with Gasteiger partial charge in [-0.2, -0.15) is 0 Å². The fourth-order valence-corrected chi connectivity index (χ4v) is 1.47. The Morgan fingerprint density at radius 2 is 2.27 bits per heavy atom. The highest BCUT2D eigenvalue weighted by Crippen LogP contribution is 2.18. The summed E-state index contributed by atoms with van der Waals surface area (Å²) in [7, 11) is 2.00. The molecule has 0 aromatic rings. The molecule has 1 aliphatic carbocycles. The van der Waals surface area contributed by atoms with Gasteiger partial charge in [-0.1, -0.05) is 12.2 Å². The fourth-order valence-electron chi connectivity index (χ4n) is 1.47. The second-order valence-electron chi connectivity index (χ2n) is 3.28. The van der Waals surface area contributed by atoms with Gasteiger partial charge in [0.2, 0.25) is 0 Å².